The van der Waals surface area contributed by atoms with Crippen molar-refractivity contribution in [1.82, 2.24) is 19.6 Å². The first kappa shape index (κ1) is 31.5. The van der Waals surface area contributed by atoms with Crippen molar-refractivity contribution in [2.45, 2.75) is 25.3 Å². The third-order valence-corrected chi connectivity index (χ3v) is 7.94. The van der Waals surface area contributed by atoms with Crippen molar-refractivity contribution in [2.24, 2.45) is 0 Å². The molecule has 0 saturated carbocycles. The Morgan fingerprint density at radius 2 is 1.81 bits per heavy atom. The van der Waals surface area contributed by atoms with Crippen molar-refractivity contribution < 1.29 is 33.1 Å². The van der Waals surface area contributed by atoms with E-state index in [1.165, 1.54) is 26.3 Å². The lowest BCUT2D eigenvalue weighted by molar-refractivity contribution is -0.144. The van der Waals surface area contributed by atoms with E-state index in [-0.39, 0.29) is 34.1 Å². The van der Waals surface area contributed by atoms with Gasteiger partial charge in [-0.2, -0.15) is 0 Å². The van der Waals surface area contributed by atoms with Gasteiger partial charge in [-0.05, 0) is 37.0 Å². The molecular weight excluding hydrogens is 581 g/mol. The molecule has 0 aliphatic carbocycles. The summed E-state index contributed by atoms with van der Waals surface area (Å²) in [6, 6.07) is 11.3. The van der Waals surface area contributed by atoms with Gasteiger partial charge < -0.3 is 29.7 Å². The summed E-state index contributed by atoms with van der Waals surface area (Å²) < 4.78 is 18.9. The third-order valence-electron chi connectivity index (χ3n) is 7.56. The van der Waals surface area contributed by atoms with Crippen molar-refractivity contribution in [3.63, 3.8) is 0 Å². The van der Waals surface area contributed by atoms with Crippen LogP contribution in [0.2, 0.25) is 5.02 Å². The fourth-order valence-electron chi connectivity index (χ4n) is 5.19. The third kappa shape index (κ3) is 7.50. The number of amides is 5. The maximum atomic E-state index is 14.3. The number of hydrogen-bond acceptors (Lipinski definition) is 6. The van der Waals surface area contributed by atoms with Crippen LogP contribution in [-0.2, 0) is 30.3 Å². The minimum Gasteiger partial charge on any atom is -0.468 e. The number of fused-ring (bicyclic) bond motifs is 1. The van der Waals surface area contributed by atoms with Gasteiger partial charge in [-0.3, -0.25) is 19.2 Å². The van der Waals surface area contributed by atoms with E-state index in [4.69, 9.17) is 11.6 Å². The monoisotopic (exact) mass is 613 g/mol. The van der Waals surface area contributed by atoms with Crippen LogP contribution in [-0.4, -0.2) is 103 Å². The molecule has 1 saturated heterocycles. The van der Waals surface area contributed by atoms with Gasteiger partial charge in [0.25, 0.3) is 5.91 Å². The summed E-state index contributed by atoms with van der Waals surface area (Å²) in [6.07, 6.45) is 3.35. The fourth-order valence-corrected chi connectivity index (χ4v) is 5.42. The normalized spacial score (nSPS) is 15.6. The van der Waals surface area contributed by atoms with Gasteiger partial charge in [-0.25, -0.2) is 9.18 Å². The van der Waals surface area contributed by atoms with Crippen molar-refractivity contribution >= 4 is 53.1 Å². The second-order valence-electron chi connectivity index (χ2n) is 10.3. The van der Waals surface area contributed by atoms with E-state index >= 15 is 0 Å². The average Bonchev–Trinajstić information content (AvgIpc) is 3.18. The van der Waals surface area contributed by atoms with Crippen LogP contribution in [0.5, 0.6) is 0 Å². The highest BCUT2D eigenvalue weighted by Gasteiger charge is 2.32. The minimum absolute atomic E-state index is 0.0126. The number of benzene rings is 2. The number of likely N-dealkylation sites (N-methyl/N-ethyl adjacent to an activating group) is 1. The lowest BCUT2D eigenvalue weighted by Crippen LogP contribution is -2.51. The summed E-state index contributed by atoms with van der Waals surface area (Å²) in [5.41, 5.74) is 1.67. The zero-order valence-electron chi connectivity index (χ0n) is 23.9. The number of anilines is 1. The predicted octanol–water partition coefficient (Wildman–Crippen LogP) is 2.99. The molecule has 5 amide bonds. The molecule has 4 rings (SSSR count). The van der Waals surface area contributed by atoms with Crippen molar-refractivity contribution in [3.05, 3.63) is 70.6 Å². The van der Waals surface area contributed by atoms with Crippen molar-refractivity contribution in [2.75, 3.05) is 52.2 Å². The highest BCUT2D eigenvalue weighted by Crippen LogP contribution is 2.29. The number of urea groups is 1. The second-order valence-corrected chi connectivity index (χ2v) is 10.7. The van der Waals surface area contributed by atoms with Gasteiger partial charge in [-0.15, -0.1) is 0 Å². The molecule has 228 valence electrons. The Hall–Kier alpha value is -4.45. The average molecular weight is 614 g/mol. The Labute approximate surface area is 253 Å². The lowest BCUT2D eigenvalue weighted by Gasteiger charge is -2.38. The molecule has 0 unspecified atom stereocenters. The van der Waals surface area contributed by atoms with Crippen LogP contribution in [0, 0.1) is 5.82 Å². The molecule has 2 aliphatic rings. The summed E-state index contributed by atoms with van der Waals surface area (Å²) in [4.78, 5) is 68.6. The molecule has 0 aromatic heterocycles. The molecule has 2 aromatic carbocycles. The van der Waals surface area contributed by atoms with Crippen LogP contribution in [0.15, 0.2) is 48.7 Å². The number of methoxy groups -OCH3 is 1. The maximum absolute atomic E-state index is 14.3. The number of carbonyl (C=O) groups excluding carboxylic acids is 5. The number of halogens is 2. The lowest BCUT2D eigenvalue weighted by atomic mass is 10.0. The highest BCUT2D eigenvalue weighted by molar-refractivity contribution is 6.35. The van der Waals surface area contributed by atoms with Crippen LogP contribution in [0.4, 0.5) is 14.9 Å². The first-order valence-corrected chi connectivity index (χ1v) is 14.1. The molecule has 0 bridgehead atoms. The van der Waals surface area contributed by atoms with Gasteiger partial charge in [-0.1, -0.05) is 41.9 Å². The zero-order valence-corrected chi connectivity index (χ0v) is 24.7. The summed E-state index contributed by atoms with van der Waals surface area (Å²) in [7, 11) is 2.51. The Morgan fingerprint density at radius 1 is 1.09 bits per heavy atom. The van der Waals surface area contributed by atoms with Gasteiger partial charge in [0, 0.05) is 50.2 Å². The van der Waals surface area contributed by atoms with Crippen LogP contribution in [0.1, 0.15) is 24.0 Å². The summed E-state index contributed by atoms with van der Waals surface area (Å²) in [6.45, 7) is 0.517. The van der Waals surface area contributed by atoms with Gasteiger partial charge in [0.05, 0.1) is 17.7 Å². The Balaban J connectivity index is 1.44. The molecule has 0 radical (unpaired) electrons. The molecule has 1 N–H and O–H groups in total. The Morgan fingerprint density at radius 3 is 2.51 bits per heavy atom. The number of likely N-dealkylation sites (tertiary alicyclic amines) is 1. The number of para-hydroxylation sites is 1. The van der Waals surface area contributed by atoms with E-state index in [9.17, 15) is 28.4 Å². The van der Waals surface area contributed by atoms with Crippen LogP contribution in [0.25, 0.3) is 5.57 Å². The maximum Gasteiger partial charge on any atom is 0.325 e. The number of nitrogens with one attached hydrogen (secondary N) is 1. The smallest absolute Gasteiger partial charge is 0.325 e. The number of carbonyl (C=O) groups is 5. The molecule has 2 aromatic rings. The molecule has 11 nitrogen and oxygen atoms in total. The number of piperidine rings is 1. The summed E-state index contributed by atoms with van der Waals surface area (Å²) in [5.74, 6) is -2.58. The molecule has 1 fully saturated rings. The first-order valence-electron chi connectivity index (χ1n) is 13.8. The molecular formula is C30H33ClFN5O6. The van der Waals surface area contributed by atoms with Crippen LogP contribution >= 0.6 is 11.6 Å². The van der Waals surface area contributed by atoms with Gasteiger partial charge in [0.15, 0.2) is 0 Å². The SMILES string of the molecule is COC(=O)CN(C)C(=O)/C(=C\N(C=O)CC(=O)N1CCC(N2CCc3ccccc3NC2=O)CC1)c1cccc(F)c1Cl. The van der Waals surface area contributed by atoms with Gasteiger partial charge in [0.1, 0.15) is 18.9 Å². The molecule has 2 aliphatic heterocycles. The molecule has 2 heterocycles. The van der Waals surface area contributed by atoms with E-state index in [0.29, 0.717) is 38.9 Å². The highest BCUT2D eigenvalue weighted by atomic mass is 35.5. The van der Waals surface area contributed by atoms with Crippen LogP contribution < -0.4 is 5.32 Å². The minimum atomic E-state index is -0.785. The number of nitrogens with zero attached hydrogens (tertiary/aromatic N) is 4. The molecule has 43 heavy (non-hydrogen) atoms. The fraction of sp³-hybridized carbons (Fsp3) is 0.367. The summed E-state index contributed by atoms with van der Waals surface area (Å²) >= 11 is 6.16. The van der Waals surface area contributed by atoms with E-state index in [1.54, 1.807) is 4.90 Å². The van der Waals surface area contributed by atoms with Crippen LogP contribution in [0.3, 0.4) is 0 Å². The van der Waals surface area contributed by atoms with E-state index in [1.807, 2.05) is 29.2 Å². The predicted molar refractivity (Wildman–Crippen MR) is 157 cm³/mol. The van der Waals surface area contributed by atoms with E-state index in [0.717, 1.165) is 39.7 Å². The second kappa shape index (κ2) is 14.1. The molecule has 0 spiro atoms. The van der Waals surface area contributed by atoms with E-state index in [2.05, 4.69) is 10.1 Å². The number of ether oxygens (including phenoxy) is 1. The molecule has 13 heteroatoms. The number of hydrogen-bond donors (Lipinski definition) is 1. The number of esters is 1. The largest absolute Gasteiger partial charge is 0.468 e. The molecule has 0 atom stereocenters. The summed E-state index contributed by atoms with van der Waals surface area (Å²) in [5, 5.41) is 2.62. The van der Waals surface area contributed by atoms with E-state index < -0.39 is 30.8 Å². The first-order chi connectivity index (χ1) is 20.6. The topological polar surface area (TPSA) is 120 Å². The van der Waals surface area contributed by atoms with Crippen molar-refractivity contribution in [1.29, 1.82) is 0 Å². The quantitative estimate of drug-likeness (QED) is 0.264. The van der Waals surface area contributed by atoms with Gasteiger partial charge in [0.2, 0.25) is 12.3 Å². The zero-order chi connectivity index (χ0) is 31.1. The Kier molecular flexibility index (Phi) is 10.4. The Bertz CT molecular complexity index is 1430. The van der Waals surface area contributed by atoms with Gasteiger partial charge >= 0.3 is 12.0 Å². The standard InChI is InChI=1S/C30H33ClFN5O6/c1-34(18-27(40)43-2)29(41)23(22-7-5-8-24(32)28(22)31)16-35(19-38)17-26(39)36-13-11-21(12-14-36)37-15-10-20-6-3-4-9-25(20)33-30(37)42/h3-9,16,19,21H,10-15,17-18H2,1-2H3,(H,33,42)/b23-16-. The van der Waals surface area contributed by atoms with Crippen molar-refractivity contribution in [3.8, 4) is 0 Å². The number of rotatable bonds is 9.